The molecule has 7 nitrogen and oxygen atoms in total. The van der Waals surface area contributed by atoms with E-state index in [-0.39, 0.29) is 5.92 Å². The van der Waals surface area contributed by atoms with Gasteiger partial charge >= 0.3 is 0 Å². The van der Waals surface area contributed by atoms with Gasteiger partial charge in [0, 0.05) is 18.1 Å². The second-order valence-electron chi connectivity index (χ2n) is 4.14. The molecule has 0 radical (unpaired) electrons. The van der Waals surface area contributed by atoms with Crippen molar-refractivity contribution in [1.82, 2.24) is 9.88 Å². The molecule has 2 heterocycles. The molecule has 18 heavy (non-hydrogen) atoms. The molecule has 98 valence electrons. The fraction of sp³-hybridized carbons (Fsp3) is 0.600. The van der Waals surface area contributed by atoms with E-state index in [1.54, 1.807) is 29.5 Å². The summed E-state index contributed by atoms with van der Waals surface area (Å²) in [6.45, 7) is 2.72. The SMILES string of the molecule is Cc1ncc(CC2COCN(C)/C2=N\[N+](=O)[O-])s1. The standard InChI is InChI=1S/C10H14N4O3S/c1-7-11-4-9(18-7)3-8-5-17-6-13(2)10(8)12-14(15)16/h4,8H,3,5-6H2,1-2H3/b12-10-. The van der Waals surface area contributed by atoms with Crippen LogP contribution in [-0.2, 0) is 11.2 Å². The first-order chi connectivity index (χ1) is 8.56. The van der Waals surface area contributed by atoms with Crippen molar-refractivity contribution >= 4 is 17.2 Å². The number of nitro groups is 1. The van der Waals surface area contributed by atoms with E-state index in [2.05, 4.69) is 10.1 Å². The van der Waals surface area contributed by atoms with Gasteiger partial charge in [-0.15, -0.1) is 11.3 Å². The van der Waals surface area contributed by atoms with Crippen LogP contribution < -0.4 is 0 Å². The van der Waals surface area contributed by atoms with Gasteiger partial charge in [-0.05, 0) is 13.3 Å². The Kier molecular flexibility index (Phi) is 3.87. The lowest BCUT2D eigenvalue weighted by atomic mass is 10.0. The summed E-state index contributed by atoms with van der Waals surface area (Å²) in [7, 11) is 1.74. The molecule has 8 heteroatoms. The van der Waals surface area contributed by atoms with E-state index in [0.29, 0.717) is 25.6 Å². The third-order valence-corrected chi connectivity index (χ3v) is 3.60. The third kappa shape index (κ3) is 3.02. The summed E-state index contributed by atoms with van der Waals surface area (Å²) >= 11 is 1.59. The number of aromatic nitrogens is 1. The summed E-state index contributed by atoms with van der Waals surface area (Å²) in [5.74, 6) is 0.381. The van der Waals surface area contributed by atoms with E-state index in [4.69, 9.17) is 4.74 Å². The minimum Gasteiger partial charge on any atom is -0.360 e. The lowest BCUT2D eigenvalue weighted by Crippen LogP contribution is -2.43. The largest absolute Gasteiger partial charge is 0.360 e. The molecule has 0 amide bonds. The van der Waals surface area contributed by atoms with E-state index in [1.807, 2.05) is 6.92 Å². The molecule has 0 spiro atoms. The van der Waals surface area contributed by atoms with Gasteiger partial charge in [-0.3, -0.25) is 0 Å². The molecule has 0 aliphatic carbocycles. The fourth-order valence-electron chi connectivity index (χ4n) is 1.92. The van der Waals surface area contributed by atoms with Gasteiger partial charge < -0.3 is 9.64 Å². The molecule has 0 bridgehead atoms. The highest BCUT2D eigenvalue weighted by Crippen LogP contribution is 2.21. The summed E-state index contributed by atoms with van der Waals surface area (Å²) in [4.78, 5) is 17.5. The molecule has 1 aromatic heterocycles. The van der Waals surface area contributed by atoms with Crippen LogP contribution in [0.4, 0.5) is 0 Å². The highest BCUT2D eigenvalue weighted by Gasteiger charge is 2.28. The molecule has 1 aliphatic rings. The van der Waals surface area contributed by atoms with Gasteiger partial charge in [0.1, 0.15) is 6.73 Å². The molecule has 1 aromatic rings. The number of rotatable bonds is 3. The lowest BCUT2D eigenvalue weighted by molar-refractivity contribution is -0.486. The maximum absolute atomic E-state index is 10.6. The molecular weight excluding hydrogens is 256 g/mol. The molecule has 2 rings (SSSR count). The second-order valence-corrected chi connectivity index (χ2v) is 5.46. The van der Waals surface area contributed by atoms with Crippen molar-refractivity contribution in [2.75, 3.05) is 20.4 Å². The van der Waals surface area contributed by atoms with Crippen molar-refractivity contribution < 1.29 is 9.77 Å². The van der Waals surface area contributed by atoms with Crippen LogP contribution in [0.5, 0.6) is 0 Å². The van der Waals surface area contributed by atoms with Crippen LogP contribution in [0.1, 0.15) is 9.88 Å². The van der Waals surface area contributed by atoms with Crippen LogP contribution in [-0.4, -0.2) is 41.1 Å². The minimum atomic E-state index is -0.651. The highest BCUT2D eigenvalue weighted by atomic mass is 32.1. The van der Waals surface area contributed by atoms with E-state index < -0.39 is 5.03 Å². The van der Waals surface area contributed by atoms with Crippen LogP contribution in [0.15, 0.2) is 11.3 Å². The molecule has 0 aromatic carbocycles. The van der Waals surface area contributed by atoms with E-state index in [0.717, 1.165) is 9.88 Å². The highest BCUT2D eigenvalue weighted by molar-refractivity contribution is 7.11. The molecule has 1 atom stereocenters. The number of aryl methyl sites for hydroxylation is 1. The predicted octanol–water partition coefficient (Wildman–Crippen LogP) is 1.12. The molecule has 1 aliphatic heterocycles. The number of ether oxygens (including phenoxy) is 1. The summed E-state index contributed by atoms with van der Waals surface area (Å²) in [5, 5.41) is 14.4. The maximum Gasteiger partial charge on any atom is 0.192 e. The molecule has 1 fully saturated rings. The fourth-order valence-corrected chi connectivity index (χ4v) is 2.79. The Hall–Kier alpha value is -1.54. The smallest absolute Gasteiger partial charge is 0.192 e. The van der Waals surface area contributed by atoms with Crippen LogP contribution in [0.25, 0.3) is 0 Å². The van der Waals surface area contributed by atoms with Crippen LogP contribution in [0.2, 0.25) is 0 Å². The Morgan fingerprint density at radius 2 is 2.56 bits per heavy atom. The van der Waals surface area contributed by atoms with Crippen molar-refractivity contribution in [2.45, 2.75) is 13.3 Å². The number of amidine groups is 1. The zero-order valence-corrected chi connectivity index (χ0v) is 11.0. The zero-order valence-electron chi connectivity index (χ0n) is 10.2. The van der Waals surface area contributed by atoms with Crippen molar-refractivity contribution in [3.8, 4) is 0 Å². The first kappa shape index (κ1) is 12.9. The van der Waals surface area contributed by atoms with Crippen molar-refractivity contribution in [3.05, 3.63) is 26.2 Å². The van der Waals surface area contributed by atoms with Crippen LogP contribution in [0.3, 0.4) is 0 Å². The Bertz CT molecular complexity index is 473. The Balaban J connectivity index is 2.15. The first-order valence-electron chi connectivity index (χ1n) is 5.49. The van der Waals surface area contributed by atoms with Gasteiger partial charge in [0.15, 0.2) is 10.9 Å². The number of hydrazone groups is 1. The molecule has 1 saturated heterocycles. The summed E-state index contributed by atoms with van der Waals surface area (Å²) in [5.41, 5.74) is 0. The average molecular weight is 270 g/mol. The molecule has 0 saturated carbocycles. The zero-order chi connectivity index (χ0) is 13.1. The van der Waals surface area contributed by atoms with Crippen LogP contribution >= 0.6 is 11.3 Å². The topological polar surface area (TPSA) is 80.9 Å². The molecule has 0 N–H and O–H groups in total. The first-order valence-corrected chi connectivity index (χ1v) is 6.31. The third-order valence-electron chi connectivity index (χ3n) is 2.66. The number of thiazole rings is 1. The summed E-state index contributed by atoms with van der Waals surface area (Å²) in [6.07, 6.45) is 2.47. The summed E-state index contributed by atoms with van der Waals surface area (Å²) in [6, 6.07) is 0. The van der Waals surface area contributed by atoms with Gasteiger partial charge in [-0.1, -0.05) is 0 Å². The number of hydrogen-bond acceptors (Lipinski definition) is 5. The summed E-state index contributed by atoms with van der Waals surface area (Å²) < 4.78 is 5.39. The molecule has 1 unspecified atom stereocenters. The van der Waals surface area contributed by atoms with Crippen LogP contribution in [0, 0.1) is 23.0 Å². The minimum absolute atomic E-state index is 0.0889. The van der Waals surface area contributed by atoms with Crippen molar-refractivity contribution in [2.24, 2.45) is 11.0 Å². The van der Waals surface area contributed by atoms with Gasteiger partial charge in [0.2, 0.25) is 0 Å². The Labute approximate surface area is 108 Å². The van der Waals surface area contributed by atoms with E-state index in [9.17, 15) is 10.1 Å². The van der Waals surface area contributed by atoms with Gasteiger partial charge in [-0.2, -0.15) is 0 Å². The van der Waals surface area contributed by atoms with Gasteiger partial charge in [0.05, 0.1) is 22.6 Å². The second kappa shape index (κ2) is 5.40. The lowest BCUT2D eigenvalue weighted by Gasteiger charge is -2.30. The Morgan fingerprint density at radius 3 is 3.17 bits per heavy atom. The van der Waals surface area contributed by atoms with Crippen molar-refractivity contribution in [3.63, 3.8) is 0 Å². The normalized spacial score (nSPS) is 22.4. The van der Waals surface area contributed by atoms with E-state index in [1.165, 1.54) is 0 Å². The van der Waals surface area contributed by atoms with Crippen molar-refractivity contribution in [1.29, 1.82) is 0 Å². The van der Waals surface area contributed by atoms with E-state index >= 15 is 0 Å². The monoisotopic (exact) mass is 270 g/mol. The number of hydrogen-bond donors (Lipinski definition) is 0. The quantitative estimate of drug-likeness (QED) is 0.607. The van der Waals surface area contributed by atoms with Gasteiger partial charge in [0.25, 0.3) is 0 Å². The maximum atomic E-state index is 10.6. The van der Waals surface area contributed by atoms with Gasteiger partial charge in [-0.25, -0.2) is 15.1 Å². The number of nitrogens with zero attached hydrogens (tertiary/aromatic N) is 4. The average Bonchev–Trinajstić information content (AvgIpc) is 2.69. The predicted molar refractivity (Wildman–Crippen MR) is 67.1 cm³/mol. The Morgan fingerprint density at radius 1 is 1.78 bits per heavy atom. The molecular formula is C10H14N4O3S.